The number of anilines is 3. The highest BCUT2D eigenvalue weighted by Crippen LogP contribution is 2.44. The fourth-order valence-electron chi connectivity index (χ4n) is 7.74. The summed E-state index contributed by atoms with van der Waals surface area (Å²) in [4.78, 5) is 2.41. The molecule has 0 atom stereocenters. The summed E-state index contributed by atoms with van der Waals surface area (Å²) in [5, 5.41) is 5.12. The summed E-state index contributed by atoms with van der Waals surface area (Å²) in [7, 11) is 0. The molecule has 254 valence electrons. The number of para-hydroxylation sites is 1. The SMILES string of the molecule is c1ccc(-c2ccc(N(c3cccc(-c4cccc(-c5ccc6ccccc6c5)c4)c3)c3ccccc3-c3ccc4sc5ccccc5c4c3)cc2)cc1. The van der Waals surface area contributed by atoms with Crippen molar-refractivity contribution in [1.82, 2.24) is 0 Å². The Kier molecular flexibility index (Phi) is 8.09. The highest BCUT2D eigenvalue weighted by molar-refractivity contribution is 7.25. The van der Waals surface area contributed by atoms with Crippen molar-refractivity contribution in [3.63, 3.8) is 0 Å². The number of hydrogen-bond donors (Lipinski definition) is 0. The Labute approximate surface area is 319 Å². The van der Waals surface area contributed by atoms with Gasteiger partial charge in [0.05, 0.1) is 5.69 Å². The van der Waals surface area contributed by atoms with Crippen molar-refractivity contribution >= 4 is 59.3 Å². The first kappa shape index (κ1) is 32.0. The van der Waals surface area contributed by atoms with Gasteiger partial charge in [-0.2, -0.15) is 0 Å². The molecule has 0 radical (unpaired) electrons. The third-order valence-corrected chi connectivity index (χ3v) is 11.6. The van der Waals surface area contributed by atoms with E-state index in [1.54, 1.807) is 0 Å². The molecule has 0 spiro atoms. The number of rotatable bonds is 7. The van der Waals surface area contributed by atoms with Gasteiger partial charge in [0.15, 0.2) is 0 Å². The van der Waals surface area contributed by atoms with Gasteiger partial charge in [-0.05, 0) is 110 Å². The van der Waals surface area contributed by atoms with E-state index in [0.29, 0.717) is 0 Å². The van der Waals surface area contributed by atoms with E-state index in [-0.39, 0.29) is 0 Å². The topological polar surface area (TPSA) is 3.24 Å². The van der Waals surface area contributed by atoms with Crippen LogP contribution in [-0.4, -0.2) is 0 Å². The van der Waals surface area contributed by atoms with Gasteiger partial charge in [0.1, 0.15) is 0 Å². The summed E-state index contributed by atoms with van der Waals surface area (Å²) in [5.41, 5.74) is 12.9. The van der Waals surface area contributed by atoms with Crippen LogP contribution in [0.25, 0.3) is 75.5 Å². The Hall–Kier alpha value is -6.74. The van der Waals surface area contributed by atoms with Gasteiger partial charge in [-0.3, -0.25) is 0 Å². The lowest BCUT2D eigenvalue weighted by atomic mass is 9.96. The molecule has 1 nitrogen and oxygen atoms in total. The Morgan fingerprint density at radius 3 is 1.74 bits per heavy atom. The highest BCUT2D eigenvalue weighted by atomic mass is 32.1. The van der Waals surface area contributed by atoms with E-state index >= 15 is 0 Å². The summed E-state index contributed by atoms with van der Waals surface area (Å²) in [5.74, 6) is 0. The van der Waals surface area contributed by atoms with Crippen molar-refractivity contribution in [3.05, 3.63) is 212 Å². The molecule has 1 heterocycles. The molecular weight excluding hydrogens is 671 g/mol. The fourth-order valence-corrected chi connectivity index (χ4v) is 8.83. The van der Waals surface area contributed by atoms with Crippen LogP contribution >= 0.6 is 11.3 Å². The van der Waals surface area contributed by atoms with E-state index in [4.69, 9.17) is 0 Å². The van der Waals surface area contributed by atoms with Crippen LogP contribution in [0.5, 0.6) is 0 Å². The highest BCUT2D eigenvalue weighted by Gasteiger charge is 2.19. The first-order chi connectivity index (χ1) is 26.7. The van der Waals surface area contributed by atoms with Crippen molar-refractivity contribution < 1.29 is 0 Å². The van der Waals surface area contributed by atoms with Crippen LogP contribution in [-0.2, 0) is 0 Å². The van der Waals surface area contributed by atoms with Gasteiger partial charge in [0.2, 0.25) is 0 Å². The molecule has 0 aliphatic heterocycles. The van der Waals surface area contributed by atoms with Gasteiger partial charge >= 0.3 is 0 Å². The number of benzene rings is 9. The molecule has 0 amide bonds. The lowest BCUT2D eigenvalue weighted by Crippen LogP contribution is -2.11. The number of thiophene rings is 1. The minimum Gasteiger partial charge on any atom is -0.310 e. The predicted molar refractivity (Wildman–Crippen MR) is 233 cm³/mol. The first-order valence-corrected chi connectivity index (χ1v) is 19.2. The Morgan fingerprint density at radius 1 is 0.296 bits per heavy atom. The van der Waals surface area contributed by atoms with Gasteiger partial charge in [-0.15, -0.1) is 11.3 Å². The third kappa shape index (κ3) is 5.93. The maximum Gasteiger partial charge on any atom is 0.0540 e. The van der Waals surface area contributed by atoms with E-state index in [1.807, 2.05) is 11.3 Å². The molecule has 0 aliphatic carbocycles. The van der Waals surface area contributed by atoms with Gasteiger partial charge in [0.25, 0.3) is 0 Å². The maximum absolute atomic E-state index is 2.41. The minimum absolute atomic E-state index is 1.10. The smallest absolute Gasteiger partial charge is 0.0540 e. The molecule has 2 heteroatoms. The van der Waals surface area contributed by atoms with Gasteiger partial charge in [-0.25, -0.2) is 0 Å². The summed E-state index contributed by atoms with van der Waals surface area (Å²) in [6, 6.07) is 77.2. The van der Waals surface area contributed by atoms with E-state index in [0.717, 1.165) is 17.1 Å². The molecule has 0 fully saturated rings. The lowest BCUT2D eigenvalue weighted by molar-refractivity contribution is 1.28. The summed E-state index contributed by atoms with van der Waals surface area (Å²) >= 11 is 1.86. The Balaban J connectivity index is 1.10. The molecule has 9 aromatic carbocycles. The zero-order valence-corrected chi connectivity index (χ0v) is 30.4. The van der Waals surface area contributed by atoms with Crippen molar-refractivity contribution in [3.8, 4) is 44.5 Å². The summed E-state index contributed by atoms with van der Waals surface area (Å²) in [6.07, 6.45) is 0. The molecule has 0 saturated heterocycles. The third-order valence-electron chi connectivity index (χ3n) is 10.4. The monoisotopic (exact) mass is 705 g/mol. The van der Waals surface area contributed by atoms with E-state index < -0.39 is 0 Å². The van der Waals surface area contributed by atoms with Gasteiger partial charge < -0.3 is 4.90 Å². The number of nitrogens with zero attached hydrogens (tertiary/aromatic N) is 1. The molecule has 0 bridgehead atoms. The standard InChI is InChI=1S/C52H35NS/c1-2-12-36(13-3-1)38-26-29-45(30-27-38)53(50-22-8-6-20-47(50)44-28-31-52-49(35-44)48-21-7-9-23-51(48)54-52)46-19-11-18-42(34-46)40-16-10-17-41(33-40)43-25-24-37-14-4-5-15-39(37)32-43/h1-35H. The molecule has 54 heavy (non-hydrogen) atoms. The second kappa shape index (κ2) is 13.7. The molecule has 0 saturated carbocycles. The zero-order chi connectivity index (χ0) is 35.8. The molecule has 1 aromatic heterocycles. The second-order valence-electron chi connectivity index (χ2n) is 13.8. The molecular formula is C52H35NS. The van der Waals surface area contributed by atoms with Crippen molar-refractivity contribution in [2.75, 3.05) is 4.90 Å². The van der Waals surface area contributed by atoms with Crippen molar-refractivity contribution in [2.24, 2.45) is 0 Å². The number of hydrogen-bond acceptors (Lipinski definition) is 2. The van der Waals surface area contributed by atoms with Crippen LogP contribution < -0.4 is 4.90 Å². The van der Waals surface area contributed by atoms with Crippen LogP contribution in [0, 0.1) is 0 Å². The molecule has 10 aromatic rings. The Bertz CT molecular complexity index is 2940. The largest absolute Gasteiger partial charge is 0.310 e. The van der Waals surface area contributed by atoms with Gasteiger partial charge in [-0.1, -0.05) is 152 Å². The first-order valence-electron chi connectivity index (χ1n) is 18.4. The van der Waals surface area contributed by atoms with Gasteiger partial charge in [0, 0.05) is 37.1 Å². The molecule has 0 N–H and O–H groups in total. The normalized spacial score (nSPS) is 11.3. The Morgan fingerprint density at radius 2 is 0.889 bits per heavy atom. The van der Waals surface area contributed by atoms with Crippen LogP contribution in [0.15, 0.2) is 212 Å². The molecule has 0 aliphatic rings. The number of fused-ring (bicyclic) bond motifs is 4. The van der Waals surface area contributed by atoms with Crippen LogP contribution in [0.4, 0.5) is 17.1 Å². The molecule has 10 rings (SSSR count). The quantitative estimate of drug-likeness (QED) is 0.160. The van der Waals surface area contributed by atoms with Crippen molar-refractivity contribution in [1.29, 1.82) is 0 Å². The van der Waals surface area contributed by atoms with E-state index in [9.17, 15) is 0 Å². The summed E-state index contributed by atoms with van der Waals surface area (Å²) in [6.45, 7) is 0. The van der Waals surface area contributed by atoms with Crippen LogP contribution in [0.1, 0.15) is 0 Å². The van der Waals surface area contributed by atoms with Crippen LogP contribution in [0.2, 0.25) is 0 Å². The second-order valence-corrected chi connectivity index (χ2v) is 14.9. The maximum atomic E-state index is 2.41. The lowest BCUT2D eigenvalue weighted by Gasteiger charge is -2.28. The molecule has 0 unspecified atom stereocenters. The van der Waals surface area contributed by atoms with Crippen LogP contribution in [0.3, 0.4) is 0 Å². The van der Waals surface area contributed by atoms with E-state index in [1.165, 1.54) is 75.5 Å². The summed E-state index contributed by atoms with van der Waals surface area (Å²) < 4.78 is 2.63. The van der Waals surface area contributed by atoms with E-state index in [2.05, 4.69) is 217 Å². The average Bonchev–Trinajstić information content (AvgIpc) is 3.63. The average molecular weight is 706 g/mol. The minimum atomic E-state index is 1.10. The predicted octanol–water partition coefficient (Wildman–Crippen LogP) is 15.3. The van der Waals surface area contributed by atoms with Crippen molar-refractivity contribution in [2.45, 2.75) is 0 Å². The zero-order valence-electron chi connectivity index (χ0n) is 29.6. The fraction of sp³-hybridized carbons (Fsp3) is 0.